The van der Waals surface area contributed by atoms with Crippen LogP contribution in [0, 0.1) is 5.92 Å². The van der Waals surface area contributed by atoms with Gasteiger partial charge in [0.25, 0.3) is 0 Å². The zero-order valence-electron chi connectivity index (χ0n) is 11.3. The lowest BCUT2D eigenvalue weighted by Crippen LogP contribution is -2.33. The summed E-state index contributed by atoms with van der Waals surface area (Å²) in [7, 11) is 0. The van der Waals surface area contributed by atoms with Gasteiger partial charge in [0.1, 0.15) is 0 Å². The Morgan fingerprint density at radius 3 is 2.58 bits per heavy atom. The summed E-state index contributed by atoms with van der Waals surface area (Å²) in [5, 5.41) is 3.67. The Labute approximate surface area is 114 Å². The normalized spacial score (nSPS) is 23.4. The number of hydrogen-bond donors (Lipinski definition) is 1. The zero-order chi connectivity index (χ0) is 12.8. The molecule has 2 aliphatic rings. The summed E-state index contributed by atoms with van der Waals surface area (Å²) in [5.74, 6) is 0.899. The monoisotopic (exact) mass is 249 g/mol. The third-order valence-electron chi connectivity index (χ3n) is 4.54. The number of rotatable bonds is 2. The minimum Gasteiger partial charge on any atom is -0.382 e. The Morgan fingerprint density at radius 1 is 0.947 bits per heavy atom. The van der Waals surface area contributed by atoms with Crippen LogP contribution in [0.2, 0.25) is 0 Å². The van der Waals surface area contributed by atoms with E-state index in [1.807, 2.05) is 0 Å². The van der Waals surface area contributed by atoms with Crippen LogP contribution in [0.3, 0.4) is 0 Å². The third-order valence-corrected chi connectivity index (χ3v) is 4.54. The highest BCUT2D eigenvalue weighted by molar-refractivity contribution is 5.78. The molecule has 0 heterocycles. The van der Waals surface area contributed by atoms with E-state index in [-0.39, 0.29) is 0 Å². The van der Waals surface area contributed by atoms with E-state index in [0.29, 0.717) is 6.04 Å². The molecule has 0 radical (unpaired) electrons. The quantitative estimate of drug-likeness (QED) is 0.706. The summed E-state index contributed by atoms with van der Waals surface area (Å²) >= 11 is 0. The molecule has 2 aliphatic carbocycles. The van der Waals surface area contributed by atoms with E-state index in [9.17, 15) is 0 Å². The Hall–Kier alpha value is -1.76. The van der Waals surface area contributed by atoms with Crippen molar-refractivity contribution in [2.45, 2.75) is 32.2 Å². The Kier molecular flexibility index (Phi) is 2.41. The standard InChI is InChI=1S/C18H19N/c1-12-8-16(9-12)19-15-6-7-18-14(11-15)10-13-4-2-3-5-17(13)18/h2-7,11-12,16,19H,8-10H2,1H3. The first kappa shape index (κ1) is 11.1. The molecule has 1 fully saturated rings. The van der Waals surface area contributed by atoms with Gasteiger partial charge < -0.3 is 5.32 Å². The van der Waals surface area contributed by atoms with Crippen molar-refractivity contribution in [1.29, 1.82) is 0 Å². The Bertz CT molecular complexity index is 623. The second-order valence-electron chi connectivity index (χ2n) is 6.12. The molecule has 1 nitrogen and oxygen atoms in total. The van der Waals surface area contributed by atoms with Gasteiger partial charge in [-0.2, -0.15) is 0 Å². The fourth-order valence-corrected chi connectivity index (χ4v) is 3.49. The highest BCUT2D eigenvalue weighted by Crippen LogP contribution is 2.38. The topological polar surface area (TPSA) is 12.0 Å². The first-order valence-electron chi connectivity index (χ1n) is 7.27. The summed E-state index contributed by atoms with van der Waals surface area (Å²) in [5.41, 5.74) is 7.07. The number of benzene rings is 2. The average molecular weight is 249 g/mol. The first-order valence-corrected chi connectivity index (χ1v) is 7.27. The third kappa shape index (κ3) is 1.85. The number of anilines is 1. The molecule has 2 aromatic carbocycles. The van der Waals surface area contributed by atoms with Crippen LogP contribution in [-0.4, -0.2) is 6.04 Å². The molecule has 19 heavy (non-hydrogen) atoms. The second kappa shape index (κ2) is 4.12. The summed E-state index contributed by atoms with van der Waals surface area (Å²) in [6.07, 6.45) is 3.72. The average Bonchev–Trinajstić information content (AvgIpc) is 2.74. The van der Waals surface area contributed by atoms with Crippen molar-refractivity contribution in [1.82, 2.24) is 0 Å². The maximum Gasteiger partial charge on any atom is 0.0345 e. The van der Waals surface area contributed by atoms with E-state index in [1.54, 1.807) is 0 Å². The molecule has 0 bridgehead atoms. The zero-order valence-corrected chi connectivity index (χ0v) is 11.3. The van der Waals surface area contributed by atoms with Crippen LogP contribution in [0.25, 0.3) is 11.1 Å². The van der Waals surface area contributed by atoms with E-state index in [0.717, 1.165) is 12.3 Å². The molecule has 1 heteroatoms. The van der Waals surface area contributed by atoms with Gasteiger partial charge >= 0.3 is 0 Å². The van der Waals surface area contributed by atoms with E-state index >= 15 is 0 Å². The molecular weight excluding hydrogens is 230 g/mol. The number of nitrogens with one attached hydrogen (secondary N) is 1. The van der Waals surface area contributed by atoms with E-state index < -0.39 is 0 Å². The molecule has 0 saturated heterocycles. The number of fused-ring (bicyclic) bond motifs is 3. The van der Waals surface area contributed by atoms with Crippen molar-refractivity contribution >= 4 is 5.69 Å². The van der Waals surface area contributed by atoms with Crippen molar-refractivity contribution < 1.29 is 0 Å². The lowest BCUT2D eigenvalue weighted by atomic mass is 9.82. The lowest BCUT2D eigenvalue weighted by Gasteiger charge is -2.34. The predicted octanol–water partition coefficient (Wildman–Crippen LogP) is 4.47. The summed E-state index contributed by atoms with van der Waals surface area (Å²) in [4.78, 5) is 0. The number of hydrogen-bond acceptors (Lipinski definition) is 1. The van der Waals surface area contributed by atoms with Crippen molar-refractivity contribution in [3.63, 3.8) is 0 Å². The maximum absolute atomic E-state index is 3.67. The summed E-state index contributed by atoms with van der Waals surface area (Å²) in [6.45, 7) is 2.33. The SMILES string of the molecule is CC1CC(Nc2ccc3c(c2)Cc2ccccc2-3)C1. The summed E-state index contributed by atoms with van der Waals surface area (Å²) in [6, 6.07) is 16.3. The van der Waals surface area contributed by atoms with Crippen LogP contribution in [0.5, 0.6) is 0 Å². The molecule has 0 spiro atoms. The van der Waals surface area contributed by atoms with Crippen molar-refractivity contribution in [3.05, 3.63) is 53.6 Å². The highest BCUT2D eigenvalue weighted by atomic mass is 14.9. The van der Waals surface area contributed by atoms with Gasteiger partial charge in [0.2, 0.25) is 0 Å². The minimum atomic E-state index is 0.692. The van der Waals surface area contributed by atoms with Gasteiger partial charge in [0.15, 0.2) is 0 Å². The fraction of sp³-hybridized carbons (Fsp3) is 0.333. The molecule has 2 aromatic rings. The van der Waals surface area contributed by atoms with E-state index in [1.165, 1.54) is 40.8 Å². The van der Waals surface area contributed by atoms with Crippen LogP contribution in [0.4, 0.5) is 5.69 Å². The van der Waals surface area contributed by atoms with Crippen LogP contribution in [0.15, 0.2) is 42.5 Å². The van der Waals surface area contributed by atoms with Gasteiger partial charge in [-0.05, 0) is 59.6 Å². The molecule has 0 aromatic heterocycles. The van der Waals surface area contributed by atoms with Gasteiger partial charge in [0.05, 0.1) is 0 Å². The smallest absolute Gasteiger partial charge is 0.0345 e. The minimum absolute atomic E-state index is 0.692. The van der Waals surface area contributed by atoms with E-state index in [4.69, 9.17) is 0 Å². The van der Waals surface area contributed by atoms with Crippen molar-refractivity contribution in [2.75, 3.05) is 5.32 Å². The predicted molar refractivity (Wildman–Crippen MR) is 80.5 cm³/mol. The molecule has 1 N–H and O–H groups in total. The fourth-order valence-electron chi connectivity index (χ4n) is 3.49. The summed E-state index contributed by atoms with van der Waals surface area (Å²) < 4.78 is 0. The van der Waals surface area contributed by atoms with Gasteiger partial charge in [-0.3, -0.25) is 0 Å². The van der Waals surface area contributed by atoms with Gasteiger partial charge in [-0.25, -0.2) is 0 Å². The second-order valence-corrected chi connectivity index (χ2v) is 6.12. The van der Waals surface area contributed by atoms with Crippen LogP contribution >= 0.6 is 0 Å². The largest absolute Gasteiger partial charge is 0.382 e. The molecule has 0 unspecified atom stereocenters. The molecule has 4 rings (SSSR count). The molecule has 1 saturated carbocycles. The molecular formula is C18H19N. The van der Waals surface area contributed by atoms with Gasteiger partial charge in [-0.1, -0.05) is 37.3 Å². The Morgan fingerprint density at radius 2 is 1.74 bits per heavy atom. The molecule has 0 aliphatic heterocycles. The maximum atomic E-state index is 3.67. The lowest BCUT2D eigenvalue weighted by molar-refractivity contribution is 0.309. The van der Waals surface area contributed by atoms with Gasteiger partial charge in [0, 0.05) is 11.7 Å². The van der Waals surface area contributed by atoms with Crippen molar-refractivity contribution in [3.8, 4) is 11.1 Å². The molecule has 0 atom stereocenters. The highest BCUT2D eigenvalue weighted by Gasteiger charge is 2.25. The van der Waals surface area contributed by atoms with Crippen LogP contribution < -0.4 is 5.32 Å². The first-order chi connectivity index (χ1) is 9.29. The van der Waals surface area contributed by atoms with E-state index in [2.05, 4.69) is 54.7 Å². The van der Waals surface area contributed by atoms with Gasteiger partial charge in [-0.15, -0.1) is 0 Å². The Balaban J connectivity index is 1.61. The molecule has 0 amide bonds. The van der Waals surface area contributed by atoms with Crippen LogP contribution in [0.1, 0.15) is 30.9 Å². The van der Waals surface area contributed by atoms with Crippen molar-refractivity contribution in [2.24, 2.45) is 5.92 Å². The van der Waals surface area contributed by atoms with Crippen LogP contribution in [-0.2, 0) is 6.42 Å². The molecule has 96 valence electrons.